The van der Waals surface area contributed by atoms with Gasteiger partial charge in [-0.05, 0) is 43.9 Å². The van der Waals surface area contributed by atoms with Crippen LogP contribution in [0.2, 0.25) is 0 Å². The van der Waals surface area contributed by atoms with E-state index >= 15 is 0 Å². The molecule has 0 saturated heterocycles. The molecule has 2 aliphatic rings. The molecule has 28 heavy (non-hydrogen) atoms. The molecule has 0 heterocycles. The van der Waals surface area contributed by atoms with Gasteiger partial charge in [-0.2, -0.15) is 0 Å². The number of benzene rings is 1. The third-order valence-corrected chi connectivity index (χ3v) is 6.35. The van der Waals surface area contributed by atoms with Crippen LogP contribution in [0.5, 0.6) is 0 Å². The number of nitrogens with one attached hydrogen (secondary N) is 2. The van der Waals surface area contributed by atoms with Crippen molar-refractivity contribution in [3.63, 3.8) is 0 Å². The van der Waals surface area contributed by atoms with E-state index in [-0.39, 0.29) is 23.7 Å². The lowest BCUT2D eigenvalue weighted by Gasteiger charge is -2.20. The quantitative estimate of drug-likeness (QED) is 0.641. The van der Waals surface area contributed by atoms with Crippen molar-refractivity contribution in [2.24, 2.45) is 11.8 Å². The summed E-state index contributed by atoms with van der Waals surface area (Å²) in [7, 11) is 0. The highest BCUT2D eigenvalue weighted by atomic mass is 16.2. The minimum atomic E-state index is 0.119. The van der Waals surface area contributed by atoms with E-state index in [2.05, 4.69) is 10.6 Å². The summed E-state index contributed by atoms with van der Waals surface area (Å²) in [4.78, 5) is 25.4. The normalized spacial score (nSPS) is 20.3. The van der Waals surface area contributed by atoms with Gasteiger partial charge in [-0.25, -0.2) is 0 Å². The molecule has 0 unspecified atom stereocenters. The first-order valence-electron chi connectivity index (χ1n) is 11.4. The Hall–Kier alpha value is -1.84. The van der Waals surface area contributed by atoms with Gasteiger partial charge in [-0.1, -0.05) is 70.3 Å². The fourth-order valence-electron chi connectivity index (χ4n) is 4.60. The number of hydrogen-bond donors (Lipinski definition) is 2. The molecule has 2 N–H and O–H groups in total. The first-order chi connectivity index (χ1) is 13.7. The molecule has 0 bridgehead atoms. The Balaban J connectivity index is 1.55. The molecule has 0 spiro atoms. The Morgan fingerprint density at radius 3 is 1.36 bits per heavy atom. The average molecular weight is 385 g/mol. The largest absolute Gasteiger partial charge is 0.326 e. The second kappa shape index (κ2) is 11.2. The number of carbonyl (C=O) groups excluding carboxylic acids is 2. The van der Waals surface area contributed by atoms with Gasteiger partial charge in [0.1, 0.15) is 0 Å². The van der Waals surface area contributed by atoms with Crippen molar-refractivity contribution in [2.75, 3.05) is 10.6 Å². The van der Waals surface area contributed by atoms with E-state index in [1.165, 1.54) is 38.5 Å². The molecule has 0 aromatic heterocycles. The highest BCUT2D eigenvalue weighted by Crippen LogP contribution is 2.26. The minimum absolute atomic E-state index is 0.119. The maximum absolute atomic E-state index is 12.7. The van der Waals surface area contributed by atoms with Gasteiger partial charge in [0, 0.05) is 23.2 Å². The van der Waals surface area contributed by atoms with Crippen LogP contribution >= 0.6 is 0 Å². The Bertz CT molecular complexity index is 576. The maximum Gasteiger partial charge on any atom is 0.227 e. The topological polar surface area (TPSA) is 58.2 Å². The molecule has 2 saturated carbocycles. The van der Waals surface area contributed by atoms with Gasteiger partial charge < -0.3 is 10.6 Å². The molecule has 4 heteroatoms. The summed E-state index contributed by atoms with van der Waals surface area (Å²) in [5, 5.41) is 6.16. The van der Waals surface area contributed by atoms with E-state index in [4.69, 9.17) is 0 Å². The van der Waals surface area contributed by atoms with Gasteiger partial charge >= 0.3 is 0 Å². The number of carbonyl (C=O) groups is 2. The molecule has 154 valence electrons. The van der Waals surface area contributed by atoms with Gasteiger partial charge in [0.05, 0.1) is 0 Å². The van der Waals surface area contributed by atoms with E-state index in [1.54, 1.807) is 0 Å². The van der Waals surface area contributed by atoms with Crippen LogP contribution in [0.15, 0.2) is 24.3 Å². The van der Waals surface area contributed by atoms with E-state index in [0.717, 1.165) is 62.7 Å². The molecular formula is C24H36N2O2. The van der Waals surface area contributed by atoms with Crippen molar-refractivity contribution in [1.82, 2.24) is 0 Å². The van der Waals surface area contributed by atoms with Crippen LogP contribution in [0.4, 0.5) is 11.4 Å². The first kappa shape index (κ1) is 20.9. The SMILES string of the molecule is O=C(Nc1cccc(NC(=O)C2CCCCCCC2)c1)C1CCCCCCC1. The Morgan fingerprint density at radius 1 is 0.607 bits per heavy atom. The van der Waals surface area contributed by atoms with Crippen LogP contribution in [0.3, 0.4) is 0 Å². The van der Waals surface area contributed by atoms with Crippen LogP contribution in [-0.4, -0.2) is 11.8 Å². The summed E-state index contributed by atoms with van der Waals surface area (Å²) < 4.78 is 0. The number of anilines is 2. The van der Waals surface area contributed by atoms with E-state index in [1.807, 2.05) is 24.3 Å². The fourth-order valence-corrected chi connectivity index (χ4v) is 4.60. The van der Waals surface area contributed by atoms with Gasteiger partial charge in [0.15, 0.2) is 0 Å². The summed E-state index contributed by atoms with van der Waals surface area (Å²) in [6.07, 6.45) is 16.1. The molecular weight excluding hydrogens is 348 g/mol. The Kier molecular flexibility index (Phi) is 8.38. The van der Waals surface area contributed by atoms with Gasteiger partial charge in [0.25, 0.3) is 0 Å². The fraction of sp³-hybridized carbons (Fsp3) is 0.667. The van der Waals surface area contributed by atoms with E-state index < -0.39 is 0 Å². The van der Waals surface area contributed by atoms with Crippen molar-refractivity contribution in [3.05, 3.63) is 24.3 Å². The summed E-state index contributed by atoms with van der Waals surface area (Å²) in [5.41, 5.74) is 1.56. The number of rotatable bonds is 4. The zero-order chi connectivity index (χ0) is 19.6. The van der Waals surface area contributed by atoms with Gasteiger partial charge in [-0.15, -0.1) is 0 Å². The van der Waals surface area contributed by atoms with Gasteiger partial charge in [-0.3, -0.25) is 9.59 Å². The maximum atomic E-state index is 12.7. The molecule has 4 nitrogen and oxygen atoms in total. The molecule has 2 amide bonds. The predicted molar refractivity (Wildman–Crippen MR) is 115 cm³/mol. The minimum Gasteiger partial charge on any atom is -0.326 e. The molecule has 2 fully saturated rings. The second-order valence-electron chi connectivity index (χ2n) is 8.64. The molecule has 2 aliphatic carbocycles. The standard InChI is InChI=1S/C24H36N2O2/c27-23(19-12-7-3-1-4-8-13-19)25-21-16-11-17-22(18-21)26-24(28)20-14-9-5-2-6-10-15-20/h11,16-20H,1-10,12-15H2,(H,25,27)(H,26,28). The van der Waals surface area contributed by atoms with Crippen LogP contribution in [-0.2, 0) is 9.59 Å². The second-order valence-corrected chi connectivity index (χ2v) is 8.64. The lowest BCUT2D eigenvalue weighted by atomic mass is 9.90. The molecule has 1 aromatic rings. The lowest BCUT2D eigenvalue weighted by molar-refractivity contribution is -0.121. The van der Waals surface area contributed by atoms with Gasteiger partial charge in [0.2, 0.25) is 11.8 Å². The molecule has 3 rings (SSSR count). The molecule has 0 aliphatic heterocycles. The zero-order valence-corrected chi connectivity index (χ0v) is 17.2. The van der Waals surface area contributed by atoms with Crippen molar-refractivity contribution in [2.45, 2.75) is 89.9 Å². The molecule has 0 radical (unpaired) electrons. The predicted octanol–water partition coefficient (Wildman–Crippen LogP) is 6.28. The monoisotopic (exact) mass is 384 g/mol. The summed E-state index contributed by atoms with van der Waals surface area (Å²) in [6.45, 7) is 0. The summed E-state index contributed by atoms with van der Waals surface area (Å²) in [5.74, 6) is 0.498. The van der Waals surface area contributed by atoms with Crippen molar-refractivity contribution in [3.8, 4) is 0 Å². The summed E-state index contributed by atoms with van der Waals surface area (Å²) in [6, 6.07) is 7.61. The Labute approximate surface area is 169 Å². The number of hydrogen-bond acceptors (Lipinski definition) is 2. The first-order valence-corrected chi connectivity index (χ1v) is 11.4. The van der Waals surface area contributed by atoms with Crippen LogP contribution in [0.25, 0.3) is 0 Å². The van der Waals surface area contributed by atoms with E-state index in [9.17, 15) is 9.59 Å². The van der Waals surface area contributed by atoms with Crippen molar-refractivity contribution < 1.29 is 9.59 Å². The van der Waals surface area contributed by atoms with Crippen LogP contribution in [0, 0.1) is 11.8 Å². The Morgan fingerprint density at radius 2 is 0.964 bits per heavy atom. The molecule has 0 atom stereocenters. The third kappa shape index (κ3) is 6.65. The van der Waals surface area contributed by atoms with Crippen molar-refractivity contribution >= 4 is 23.2 Å². The number of amides is 2. The van der Waals surface area contributed by atoms with E-state index in [0.29, 0.717) is 0 Å². The molecule has 1 aromatic carbocycles. The van der Waals surface area contributed by atoms with Crippen LogP contribution < -0.4 is 10.6 Å². The van der Waals surface area contributed by atoms with Crippen LogP contribution in [0.1, 0.15) is 89.9 Å². The third-order valence-electron chi connectivity index (χ3n) is 6.35. The van der Waals surface area contributed by atoms with Crippen molar-refractivity contribution in [1.29, 1.82) is 0 Å². The summed E-state index contributed by atoms with van der Waals surface area (Å²) >= 11 is 0. The smallest absolute Gasteiger partial charge is 0.227 e. The lowest BCUT2D eigenvalue weighted by Crippen LogP contribution is -2.24. The highest BCUT2D eigenvalue weighted by molar-refractivity contribution is 5.95. The zero-order valence-electron chi connectivity index (χ0n) is 17.2. The average Bonchev–Trinajstić information content (AvgIpc) is 2.61. The highest BCUT2D eigenvalue weighted by Gasteiger charge is 2.21.